The zero-order valence-electron chi connectivity index (χ0n) is 5.49. The third kappa shape index (κ3) is 1.82. The van der Waals surface area contributed by atoms with Crippen LogP contribution in [0.2, 0.25) is 5.02 Å². The number of rotatable bonds is 1. The van der Waals surface area contributed by atoms with Crippen LogP contribution in [0.4, 0.5) is 13.2 Å². The van der Waals surface area contributed by atoms with Gasteiger partial charge >= 0.3 is 0 Å². The Balaban J connectivity index is 3.33. The van der Waals surface area contributed by atoms with Crippen molar-refractivity contribution in [2.75, 3.05) is 0 Å². The third-order valence-electron chi connectivity index (χ3n) is 1.18. The van der Waals surface area contributed by atoms with Crippen LogP contribution >= 0.6 is 34.2 Å². The van der Waals surface area contributed by atoms with E-state index < -0.39 is 17.9 Å². The Morgan fingerprint density at radius 2 is 2.08 bits per heavy atom. The van der Waals surface area contributed by atoms with Crippen molar-refractivity contribution in [3.63, 3.8) is 0 Å². The fourth-order valence-electron chi connectivity index (χ4n) is 0.645. The van der Waals surface area contributed by atoms with Crippen LogP contribution in [0.15, 0.2) is 6.20 Å². The van der Waals surface area contributed by atoms with Gasteiger partial charge in [0.1, 0.15) is 0 Å². The summed E-state index contributed by atoms with van der Waals surface area (Å²) in [7, 11) is 0. The van der Waals surface area contributed by atoms with Crippen LogP contribution in [-0.4, -0.2) is 4.98 Å². The molecule has 0 aliphatic carbocycles. The summed E-state index contributed by atoms with van der Waals surface area (Å²) in [6.45, 7) is 0. The van der Waals surface area contributed by atoms with Crippen LogP contribution < -0.4 is 0 Å². The van der Waals surface area contributed by atoms with Crippen LogP contribution in [-0.2, 0) is 0 Å². The summed E-state index contributed by atoms with van der Waals surface area (Å²) < 4.78 is 36.9. The largest absolute Gasteiger partial charge is 0.269 e. The monoisotopic (exact) mass is 307 g/mol. The maximum absolute atomic E-state index is 12.6. The molecule has 12 heavy (non-hydrogen) atoms. The lowest BCUT2D eigenvalue weighted by Crippen LogP contribution is -1.98. The Hall–Kier alpha value is -0.0400. The topological polar surface area (TPSA) is 12.9 Å². The van der Waals surface area contributed by atoms with Crippen molar-refractivity contribution in [2.24, 2.45) is 0 Å². The molecule has 0 fully saturated rings. The molecule has 0 spiro atoms. The first kappa shape index (κ1) is 10.0. The van der Waals surface area contributed by atoms with Crippen molar-refractivity contribution >= 4 is 34.2 Å². The van der Waals surface area contributed by atoms with E-state index in [9.17, 15) is 13.2 Å². The van der Waals surface area contributed by atoms with E-state index in [2.05, 4.69) is 4.98 Å². The smallest absolute Gasteiger partial charge is 0.226 e. The average molecular weight is 307 g/mol. The van der Waals surface area contributed by atoms with E-state index in [0.717, 1.165) is 6.20 Å². The van der Waals surface area contributed by atoms with Crippen molar-refractivity contribution in [1.29, 1.82) is 0 Å². The Kier molecular flexibility index (Phi) is 3.16. The Morgan fingerprint density at radius 1 is 1.50 bits per heavy atom. The van der Waals surface area contributed by atoms with Gasteiger partial charge in [0.2, 0.25) is 5.95 Å². The van der Waals surface area contributed by atoms with Gasteiger partial charge in [-0.05, 0) is 22.6 Å². The van der Waals surface area contributed by atoms with Crippen molar-refractivity contribution < 1.29 is 13.2 Å². The summed E-state index contributed by atoms with van der Waals surface area (Å²) in [6.07, 6.45) is -1.88. The number of aromatic nitrogens is 1. The van der Waals surface area contributed by atoms with E-state index in [4.69, 9.17) is 11.6 Å². The second kappa shape index (κ2) is 3.78. The molecule has 0 amide bonds. The number of hydrogen-bond donors (Lipinski definition) is 0. The molecule has 1 aromatic heterocycles. The lowest BCUT2D eigenvalue weighted by atomic mass is 10.3. The predicted molar refractivity (Wildman–Crippen MR) is 46.9 cm³/mol. The third-order valence-corrected chi connectivity index (χ3v) is 2.95. The normalized spacial score (nSPS) is 10.8. The summed E-state index contributed by atoms with van der Waals surface area (Å²) in [5.74, 6) is -1.17. The number of alkyl halides is 2. The molecule has 0 saturated heterocycles. The van der Waals surface area contributed by atoms with Crippen molar-refractivity contribution in [3.05, 3.63) is 26.3 Å². The highest BCUT2D eigenvalue weighted by Crippen LogP contribution is 2.30. The molecule has 0 unspecified atom stereocenters. The first-order chi connectivity index (χ1) is 5.54. The molecule has 1 aromatic rings. The van der Waals surface area contributed by atoms with Crippen molar-refractivity contribution in [2.45, 2.75) is 6.43 Å². The van der Waals surface area contributed by atoms with E-state index in [1.807, 2.05) is 0 Å². The summed E-state index contributed by atoms with van der Waals surface area (Å²) in [5.41, 5.74) is -0.733. The first-order valence-electron chi connectivity index (χ1n) is 2.81. The maximum Gasteiger partial charge on any atom is 0.269 e. The van der Waals surface area contributed by atoms with E-state index in [1.165, 1.54) is 0 Å². The van der Waals surface area contributed by atoms with E-state index in [-0.39, 0.29) is 8.59 Å². The molecule has 6 heteroatoms. The molecule has 1 rings (SSSR count). The molecule has 0 aliphatic rings. The zero-order valence-corrected chi connectivity index (χ0v) is 8.41. The summed E-state index contributed by atoms with van der Waals surface area (Å²) in [4.78, 5) is 3.08. The summed E-state index contributed by atoms with van der Waals surface area (Å²) in [6, 6.07) is 0. The summed E-state index contributed by atoms with van der Waals surface area (Å²) in [5, 5.41) is 0.0345. The van der Waals surface area contributed by atoms with Gasteiger partial charge in [0, 0.05) is 9.77 Å². The second-order valence-corrected chi connectivity index (χ2v) is 3.41. The summed E-state index contributed by atoms with van der Waals surface area (Å²) >= 11 is 7.01. The highest BCUT2D eigenvalue weighted by molar-refractivity contribution is 14.1. The fraction of sp³-hybridized carbons (Fsp3) is 0.167. The van der Waals surface area contributed by atoms with E-state index in [1.54, 1.807) is 22.6 Å². The number of halogens is 5. The molecular weight excluding hydrogens is 305 g/mol. The molecule has 0 radical (unpaired) electrons. The lowest BCUT2D eigenvalue weighted by Gasteiger charge is -2.04. The molecule has 1 nitrogen and oxygen atoms in total. The van der Waals surface area contributed by atoms with Crippen LogP contribution in [0.5, 0.6) is 0 Å². The van der Waals surface area contributed by atoms with Crippen LogP contribution in [0.25, 0.3) is 0 Å². The van der Waals surface area contributed by atoms with Gasteiger partial charge in [0.05, 0.1) is 10.6 Å². The second-order valence-electron chi connectivity index (χ2n) is 1.93. The van der Waals surface area contributed by atoms with Gasteiger partial charge in [-0.1, -0.05) is 11.6 Å². The molecule has 1 heterocycles. The molecule has 0 atom stereocenters. The highest BCUT2D eigenvalue weighted by atomic mass is 127. The van der Waals surface area contributed by atoms with Gasteiger partial charge in [-0.25, -0.2) is 13.8 Å². The highest BCUT2D eigenvalue weighted by Gasteiger charge is 2.20. The standard InChI is InChI=1S/C6H2ClF3IN/c7-2-1-12-6(10)3(4(2)11)5(8)9/h1,5H. The van der Waals surface area contributed by atoms with Gasteiger partial charge in [0.25, 0.3) is 6.43 Å². The van der Waals surface area contributed by atoms with Crippen molar-refractivity contribution in [1.82, 2.24) is 4.98 Å². The minimum absolute atomic E-state index is 0.0109. The minimum atomic E-state index is -2.89. The van der Waals surface area contributed by atoms with Gasteiger partial charge < -0.3 is 0 Å². The van der Waals surface area contributed by atoms with Gasteiger partial charge in [0.15, 0.2) is 0 Å². The molecule has 0 aliphatic heterocycles. The SMILES string of the molecule is Fc1ncc(Cl)c(I)c1C(F)F. The Morgan fingerprint density at radius 3 is 2.50 bits per heavy atom. The number of hydrogen-bond acceptors (Lipinski definition) is 1. The molecule has 66 valence electrons. The predicted octanol–water partition coefficient (Wildman–Crippen LogP) is 3.42. The minimum Gasteiger partial charge on any atom is -0.226 e. The molecule has 0 aromatic carbocycles. The molecule has 0 bridgehead atoms. The van der Waals surface area contributed by atoms with Crippen LogP contribution in [0, 0.1) is 9.52 Å². The van der Waals surface area contributed by atoms with Crippen molar-refractivity contribution in [3.8, 4) is 0 Å². The van der Waals surface area contributed by atoms with Crippen LogP contribution in [0.3, 0.4) is 0 Å². The first-order valence-corrected chi connectivity index (χ1v) is 4.27. The Labute approximate surface area is 85.1 Å². The van der Waals surface area contributed by atoms with Crippen LogP contribution in [0.1, 0.15) is 12.0 Å². The van der Waals surface area contributed by atoms with Gasteiger partial charge in [-0.2, -0.15) is 4.39 Å². The zero-order chi connectivity index (χ0) is 9.30. The maximum atomic E-state index is 12.6. The molecular formula is C6H2ClF3IN. The average Bonchev–Trinajstić information content (AvgIpc) is 1.97. The van der Waals surface area contributed by atoms with Gasteiger partial charge in [-0.15, -0.1) is 0 Å². The lowest BCUT2D eigenvalue weighted by molar-refractivity contribution is 0.144. The number of nitrogens with zero attached hydrogens (tertiary/aromatic N) is 1. The van der Waals surface area contributed by atoms with Gasteiger partial charge in [-0.3, -0.25) is 0 Å². The molecule has 0 N–H and O–H groups in total. The fourth-order valence-corrected chi connectivity index (χ4v) is 1.39. The van der Waals surface area contributed by atoms with E-state index in [0.29, 0.717) is 0 Å². The van der Waals surface area contributed by atoms with E-state index >= 15 is 0 Å². The number of pyridine rings is 1. The quantitative estimate of drug-likeness (QED) is 0.572. The Bertz CT molecular complexity index is 305. The molecule has 0 saturated carbocycles.